The van der Waals surface area contributed by atoms with Gasteiger partial charge in [-0.25, -0.2) is 0 Å². The topological polar surface area (TPSA) is 24.9 Å². The van der Waals surface area contributed by atoms with Crippen LogP contribution in [0.15, 0.2) is 18.3 Å². The Morgan fingerprint density at radius 2 is 2.31 bits per heavy atom. The molecular formula is C11H18N2. The molecule has 1 aromatic heterocycles. The fraction of sp³-hybridized carbons (Fsp3) is 0.545. The first kappa shape index (κ1) is 10.2. The van der Waals surface area contributed by atoms with Crippen molar-refractivity contribution in [3.63, 3.8) is 0 Å². The van der Waals surface area contributed by atoms with E-state index in [1.165, 1.54) is 18.4 Å². The molecule has 0 bridgehead atoms. The largest absolute Gasteiger partial charge is 0.313 e. The maximum atomic E-state index is 4.19. The monoisotopic (exact) mass is 178 g/mol. The van der Waals surface area contributed by atoms with Gasteiger partial charge in [-0.1, -0.05) is 13.3 Å². The zero-order chi connectivity index (χ0) is 9.68. The van der Waals surface area contributed by atoms with Crippen LogP contribution in [0.1, 0.15) is 37.1 Å². The van der Waals surface area contributed by atoms with Crippen molar-refractivity contribution in [3.05, 3.63) is 29.6 Å². The summed E-state index contributed by atoms with van der Waals surface area (Å²) >= 11 is 0. The highest BCUT2D eigenvalue weighted by atomic mass is 14.9. The van der Waals surface area contributed by atoms with Gasteiger partial charge in [0.2, 0.25) is 0 Å². The number of nitrogens with one attached hydrogen (secondary N) is 1. The molecule has 1 heterocycles. The third-order valence-electron chi connectivity index (χ3n) is 2.25. The van der Waals surface area contributed by atoms with Crippen LogP contribution in [0.5, 0.6) is 0 Å². The highest BCUT2D eigenvalue weighted by Crippen LogP contribution is 2.17. The zero-order valence-electron chi connectivity index (χ0n) is 8.67. The second-order valence-electron chi connectivity index (χ2n) is 3.36. The lowest BCUT2D eigenvalue weighted by atomic mass is 10.0. The summed E-state index contributed by atoms with van der Waals surface area (Å²) in [5.74, 6) is 0. The summed E-state index contributed by atoms with van der Waals surface area (Å²) in [6.07, 6.45) is 4.26. The normalized spacial score (nSPS) is 12.8. The van der Waals surface area contributed by atoms with Gasteiger partial charge in [0.25, 0.3) is 0 Å². The minimum atomic E-state index is 0.478. The Kier molecular flexibility index (Phi) is 3.90. The maximum Gasteiger partial charge on any atom is 0.0375 e. The summed E-state index contributed by atoms with van der Waals surface area (Å²) in [5, 5.41) is 3.32. The van der Waals surface area contributed by atoms with Crippen molar-refractivity contribution >= 4 is 0 Å². The van der Waals surface area contributed by atoms with E-state index in [2.05, 4.69) is 29.4 Å². The molecule has 1 aromatic rings. The van der Waals surface area contributed by atoms with Crippen molar-refractivity contribution < 1.29 is 0 Å². The van der Waals surface area contributed by atoms with Crippen LogP contribution in [0.2, 0.25) is 0 Å². The molecule has 0 amide bonds. The Labute approximate surface area is 80.4 Å². The molecule has 0 fully saturated rings. The van der Waals surface area contributed by atoms with Gasteiger partial charge in [0.1, 0.15) is 0 Å². The molecule has 0 aliphatic rings. The molecule has 0 aromatic carbocycles. The van der Waals surface area contributed by atoms with Gasteiger partial charge in [0.15, 0.2) is 0 Å². The average molecular weight is 178 g/mol. The summed E-state index contributed by atoms with van der Waals surface area (Å²) in [6.45, 7) is 4.24. The van der Waals surface area contributed by atoms with E-state index < -0.39 is 0 Å². The zero-order valence-corrected chi connectivity index (χ0v) is 8.67. The van der Waals surface area contributed by atoms with E-state index >= 15 is 0 Å². The lowest BCUT2D eigenvalue weighted by Gasteiger charge is -2.15. The van der Waals surface area contributed by atoms with Gasteiger partial charge >= 0.3 is 0 Å². The Hall–Kier alpha value is -0.890. The second-order valence-corrected chi connectivity index (χ2v) is 3.36. The van der Waals surface area contributed by atoms with E-state index in [9.17, 15) is 0 Å². The van der Waals surface area contributed by atoms with Crippen LogP contribution in [-0.4, -0.2) is 12.0 Å². The Bertz CT molecular complexity index is 258. The molecule has 1 atom stereocenters. The number of rotatable bonds is 4. The molecule has 0 aliphatic carbocycles. The van der Waals surface area contributed by atoms with E-state index in [4.69, 9.17) is 0 Å². The third kappa shape index (κ3) is 2.81. The molecule has 0 spiro atoms. The van der Waals surface area contributed by atoms with Crippen LogP contribution in [0, 0.1) is 6.92 Å². The molecular weight excluding hydrogens is 160 g/mol. The van der Waals surface area contributed by atoms with Gasteiger partial charge in [0, 0.05) is 17.9 Å². The Morgan fingerprint density at radius 3 is 2.85 bits per heavy atom. The van der Waals surface area contributed by atoms with Crippen molar-refractivity contribution in [1.29, 1.82) is 0 Å². The van der Waals surface area contributed by atoms with Crippen molar-refractivity contribution in [2.24, 2.45) is 0 Å². The van der Waals surface area contributed by atoms with E-state index in [1.807, 2.05) is 20.2 Å². The third-order valence-corrected chi connectivity index (χ3v) is 2.25. The molecule has 2 nitrogen and oxygen atoms in total. The van der Waals surface area contributed by atoms with Gasteiger partial charge in [0.05, 0.1) is 0 Å². The van der Waals surface area contributed by atoms with E-state index in [-0.39, 0.29) is 0 Å². The van der Waals surface area contributed by atoms with E-state index in [1.54, 1.807) is 0 Å². The minimum absolute atomic E-state index is 0.478. The summed E-state index contributed by atoms with van der Waals surface area (Å²) in [7, 11) is 2.01. The predicted molar refractivity (Wildman–Crippen MR) is 55.7 cm³/mol. The number of pyridine rings is 1. The van der Waals surface area contributed by atoms with Gasteiger partial charge < -0.3 is 5.32 Å². The first-order valence-corrected chi connectivity index (χ1v) is 4.87. The number of hydrogen-bond donors (Lipinski definition) is 1. The SMILES string of the molecule is CCCC(NC)c1ccnc(C)c1. The maximum absolute atomic E-state index is 4.19. The van der Waals surface area contributed by atoms with Crippen LogP contribution in [0.3, 0.4) is 0 Å². The molecule has 0 radical (unpaired) electrons. The minimum Gasteiger partial charge on any atom is -0.313 e. The van der Waals surface area contributed by atoms with Crippen LogP contribution in [0.4, 0.5) is 0 Å². The van der Waals surface area contributed by atoms with Crippen molar-refractivity contribution in [2.45, 2.75) is 32.7 Å². The summed E-state index contributed by atoms with van der Waals surface area (Å²) < 4.78 is 0. The highest BCUT2D eigenvalue weighted by Gasteiger charge is 2.07. The lowest BCUT2D eigenvalue weighted by molar-refractivity contribution is 0.540. The molecule has 2 heteroatoms. The standard InChI is InChI=1S/C11H18N2/c1-4-5-11(12-3)10-6-7-13-9(2)8-10/h6-8,11-12H,4-5H2,1-3H3. The van der Waals surface area contributed by atoms with Gasteiger partial charge in [-0.3, -0.25) is 4.98 Å². The van der Waals surface area contributed by atoms with Crippen LogP contribution in [-0.2, 0) is 0 Å². The van der Waals surface area contributed by atoms with Crippen LogP contribution >= 0.6 is 0 Å². The van der Waals surface area contributed by atoms with Crippen molar-refractivity contribution in [2.75, 3.05) is 7.05 Å². The molecule has 0 saturated carbocycles. The molecule has 72 valence electrons. The van der Waals surface area contributed by atoms with Crippen LogP contribution in [0.25, 0.3) is 0 Å². The lowest BCUT2D eigenvalue weighted by Crippen LogP contribution is -2.16. The smallest absolute Gasteiger partial charge is 0.0375 e. The Morgan fingerprint density at radius 1 is 1.54 bits per heavy atom. The number of hydrogen-bond acceptors (Lipinski definition) is 2. The molecule has 0 aliphatic heterocycles. The van der Waals surface area contributed by atoms with Crippen molar-refractivity contribution in [1.82, 2.24) is 10.3 Å². The molecule has 13 heavy (non-hydrogen) atoms. The van der Waals surface area contributed by atoms with Crippen LogP contribution < -0.4 is 5.32 Å². The van der Waals surface area contributed by atoms with Gasteiger partial charge in [-0.15, -0.1) is 0 Å². The molecule has 1 unspecified atom stereocenters. The quantitative estimate of drug-likeness (QED) is 0.766. The average Bonchev–Trinajstić information content (AvgIpc) is 2.14. The van der Waals surface area contributed by atoms with E-state index in [0.717, 1.165) is 5.69 Å². The predicted octanol–water partition coefficient (Wildman–Crippen LogP) is 2.45. The van der Waals surface area contributed by atoms with Crippen molar-refractivity contribution in [3.8, 4) is 0 Å². The number of aromatic nitrogens is 1. The highest BCUT2D eigenvalue weighted by molar-refractivity contribution is 5.19. The number of aryl methyl sites for hydroxylation is 1. The first-order chi connectivity index (χ1) is 6.27. The molecule has 1 rings (SSSR count). The fourth-order valence-electron chi connectivity index (χ4n) is 1.55. The summed E-state index contributed by atoms with van der Waals surface area (Å²) in [6, 6.07) is 4.72. The number of nitrogens with zero attached hydrogens (tertiary/aromatic N) is 1. The summed E-state index contributed by atoms with van der Waals surface area (Å²) in [5.41, 5.74) is 2.44. The second kappa shape index (κ2) is 4.97. The van der Waals surface area contributed by atoms with Gasteiger partial charge in [-0.05, 0) is 38.1 Å². The molecule has 0 saturated heterocycles. The Balaban J connectivity index is 2.78. The molecule has 1 N–H and O–H groups in total. The summed E-state index contributed by atoms with van der Waals surface area (Å²) in [4.78, 5) is 4.19. The first-order valence-electron chi connectivity index (χ1n) is 4.87. The fourth-order valence-corrected chi connectivity index (χ4v) is 1.55. The van der Waals surface area contributed by atoms with Gasteiger partial charge in [-0.2, -0.15) is 0 Å². The van der Waals surface area contributed by atoms with E-state index in [0.29, 0.717) is 6.04 Å².